The van der Waals surface area contributed by atoms with Crippen LogP contribution in [0, 0.1) is 0 Å². The zero-order valence-electron chi connectivity index (χ0n) is 9.17. The first-order chi connectivity index (χ1) is 8.34. The zero-order valence-corrected chi connectivity index (χ0v) is 9.17. The van der Waals surface area contributed by atoms with Crippen LogP contribution in [0.1, 0.15) is 27.7 Å². The molecule has 0 radical (unpaired) electrons. The maximum absolute atomic E-state index is 11.8. The summed E-state index contributed by atoms with van der Waals surface area (Å²) < 4.78 is 5.42. The van der Waals surface area contributed by atoms with Crippen LogP contribution >= 0.6 is 0 Å². The van der Waals surface area contributed by atoms with Crippen molar-refractivity contribution >= 4 is 5.97 Å². The number of hydrogen-bond donors (Lipinski definition) is 0. The molecule has 1 aromatic carbocycles. The summed E-state index contributed by atoms with van der Waals surface area (Å²) in [5.41, 5.74) is 2.41. The summed E-state index contributed by atoms with van der Waals surface area (Å²) in [5, 5.41) is 0. The lowest BCUT2D eigenvalue weighted by molar-refractivity contribution is 0.0248. The highest BCUT2D eigenvalue weighted by atomic mass is 16.5. The van der Waals surface area contributed by atoms with Crippen LogP contribution in [0.25, 0.3) is 0 Å². The van der Waals surface area contributed by atoms with E-state index in [-0.39, 0.29) is 12.1 Å². The number of benzene rings is 1. The van der Waals surface area contributed by atoms with Gasteiger partial charge in [-0.15, -0.1) is 0 Å². The van der Waals surface area contributed by atoms with E-state index < -0.39 is 0 Å². The molecule has 2 aromatic rings. The van der Waals surface area contributed by atoms with Crippen molar-refractivity contribution in [3.63, 3.8) is 0 Å². The first-order valence-corrected chi connectivity index (χ1v) is 5.54. The van der Waals surface area contributed by atoms with Crippen LogP contribution in [0.3, 0.4) is 0 Å². The highest BCUT2D eigenvalue weighted by Gasteiger charge is 2.27. The Hall–Kier alpha value is -2.16. The third-order valence-electron chi connectivity index (χ3n) is 2.91. The molecule has 17 heavy (non-hydrogen) atoms. The maximum atomic E-state index is 11.8. The lowest BCUT2D eigenvalue weighted by atomic mass is 9.99. The van der Waals surface area contributed by atoms with E-state index in [0.717, 1.165) is 11.3 Å². The first-order valence-electron chi connectivity index (χ1n) is 5.54. The summed E-state index contributed by atoms with van der Waals surface area (Å²) in [6, 6.07) is 13.3. The largest absolute Gasteiger partial charge is 0.453 e. The summed E-state index contributed by atoms with van der Waals surface area (Å²) in [6.07, 6.45) is 2.14. The average molecular weight is 225 g/mol. The molecule has 0 saturated carbocycles. The van der Waals surface area contributed by atoms with E-state index in [9.17, 15) is 4.79 Å². The van der Waals surface area contributed by atoms with E-state index in [4.69, 9.17) is 4.74 Å². The molecular formula is C14H11NO2. The summed E-state index contributed by atoms with van der Waals surface area (Å²) in [5.74, 6) is -0.284. The molecule has 84 valence electrons. The second-order valence-corrected chi connectivity index (χ2v) is 4.01. The van der Waals surface area contributed by atoms with Crippen molar-refractivity contribution in [1.29, 1.82) is 0 Å². The van der Waals surface area contributed by atoms with E-state index in [1.165, 1.54) is 0 Å². The molecule has 0 saturated heterocycles. The highest BCUT2D eigenvalue weighted by Crippen LogP contribution is 2.28. The predicted octanol–water partition coefficient (Wildman–Crippen LogP) is 2.54. The number of hydrogen-bond acceptors (Lipinski definition) is 3. The van der Waals surface area contributed by atoms with Gasteiger partial charge in [-0.25, -0.2) is 4.79 Å². The third kappa shape index (κ3) is 1.80. The van der Waals surface area contributed by atoms with Gasteiger partial charge in [-0.3, -0.25) is 4.98 Å². The summed E-state index contributed by atoms with van der Waals surface area (Å²) >= 11 is 0. The molecule has 3 rings (SSSR count). The monoisotopic (exact) mass is 225 g/mol. The molecule has 0 amide bonds. The Kier molecular flexibility index (Phi) is 2.37. The molecule has 3 nitrogen and oxygen atoms in total. The van der Waals surface area contributed by atoms with Crippen LogP contribution < -0.4 is 0 Å². The number of rotatable bonds is 1. The minimum absolute atomic E-state index is 0.217. The van der Waals surface area contributed by atoms with E-state index in [2.05, 4.69) is 4.98 Å². The number of ether oxygens (including phenoxy) is 1. The third-order valence-corrected chi connectivity index (χ3v) is 2.91. The quantitative estimate of drug-likeness (QED) is 0.700. The average Bonchev–Trinajstić information content (AvgIpc) is 2.40. The van der Waals surface area contributed by atoms with Crippen molar-refractivity contribution in [3.05, 3.63) is 65.5 Å². The Morgan fingerprint density at radius 1 is 1.12 bits per heavy atom. The van der Waals surface area contributed by atoms with Gasteiger partial charge in [-0.2, -0.15) is 0 Å². The predicted molar refractivity (Wildman–Crippen MR) is 62.5 cm³/mol. The van der Waals surface area contributed by atoms with Crippen LogP contribution in [-0.4, -0.2) is 11.0 Å². The van der Waals surface area contributed by atoms with Crippen molar-refractivity contribution in [3.8, 4) is 0 Å². The molecule has 0 N–H and O–H groups in total. The molecule has 0 bridgehead atoms. The molecule has 1 aliphatic heterocycles. The Morgan fingerprint density at radius 3 is 2.76 bits per heavy atom. The minimum atomic E-state index is -0.284. The van der Waals surface area contributed by atoms with Crippen LogP contribution in [0.15, 0.2) is 48.7 Å². The zero-order chi connectivity index (χ0) is 11.7. The van der Waals surface area contributed by atoms with Gasteiger partial charge in [0, 0.05) is 12.6 Å². The number of aromatic nitrogens is 1. The minimum Gasteiger partial charge on any atom is -0.453 e. The number of carbonyl (C=O) groups excluding carboxylic acids is 1. The van der Waals surface area contributed by atoms with Crippen LogP contribution in [-0.2, 0) is 11.2 Å². The SMILES string of the molecule is O=C1OC(c2ccccc2)Cc2ncccc21. The normalized spacial score (nSPS) is 18.4. The Labute approximate surface area is 99.1 Å². The van der Waals surface area contributed by atoms with Gasteiger partial charge in [0.15, 0.2) is 0 Å². The molecule has 2 heterocycles. The molecule has 1 aliphatic rings. The molecule has 1 aromatic heterocycles. The van der Waals surface area contributed by atoms with Crippen molar-refractivity contribution in [2.75, 3.05) is 0 Å². The van der Waals surface area contributed by atoms with Crippen LogP contribution in [0.5, 0.6) is 0 Å². The lowest BCUT2D eigenvalue weighted by Gasteiger charge is -2.23. The molecular weight excluding hydrogens is 214 g/mol. The van der Waals surface area contributed by atoms with Crippen molar-refractivity contribution in [1.82, 2.24) is 4.98 Å². The Balaban J connectivity index is 1.97. The number of fused-ring (bicyclic) bond motifs is 1. The number of cyclic esters (lactones) is 1. The van der Waals surface area contributed by atoms with Crippen molar-refractivity contribution in [2.24, 2.45) is 0 Å². The fourth-order valence-corrected chi connectivity index (χ4v) is 2.05. The van der Waals surface area contributed by atoms with Gasteiger partial charge in [0.25, 0.3) is 0 Å². The number of esters is 1. The van der Waals surface area contributed by atoms with Crippen molar-refractivity contribution in [2.45, 2.75) is 12.5 Å². The van der Waals surface area contributed by atoms with Gasteiger partial charge in [-0.1, -0.05) is 30.3 Å². The number of carbonyl (C=O) groups is 1. The Bertz CT molecular complexity index is 551. The van der Waals surface area contributed by atoms with Crippen LogP contribution in [0.4, 0.5) is 0 Å². The van der Waals surface area contributed by atoms with Gasteiger partial charge >= 0.3 is 5.97 Å². The van der Waals surface area contributed by atoms with Crippen LogP contribution in [0.2, 0.25) is 0 Å². The van der Waals surface area contributed by atoms with Gasteiger partial charge in [0.1, 0.15) is 6.10 Å². The van der Waals surface area contributed by atoms with E-state index in [0.29, 0.717) is 12.0 Å². The summed E-state index contributed by atoms with van der Waals surface area (Å²) in [6.45, 7) is 0. The standard InChI is InChI=1S/C14H11NO2/c16-14-11-7-4-8-15-12(11)9-13(17-14)10-5-2-1-3-6-10/h1-8,13H,9H2. The summed E-state index contributed by atoms with van der Waals surface area (Å²) in [4.78, 5) is 16.1. The number of nitrogens with zero attached hydrogens (tertiary/aromatic N) is 1. The van der Waals surface area contributed by atoms with E-state index in [1.54, 1.807) is 18.3 Å². The molecule has 0 fully saturated rings. The fourth-order valence-electron chi connectivity index (χ4n) is 2.05. The lowest BCUT2D eigenvalue weighted by Crippen LogP contribution is -2.22. The molecule has 0 aliphatic carbocycles. The van der Waals surface area contributed by atoms with Gasteiger partial charge in [-0.05, 0) is 17.7 Å². The van der Waals surface area contributed by atoms with E-state index in [1.807, 2.05) is 30.3 Å². The summed E-state index contributed by atoms with van der Waals surface area (Å²) in [7, 11) is 0. The second-order valence-electron chi connectivity index (χ2n) is 4.01. The first kappa shape index (κ1) is 10.0. The van der Waals surface area contributed by atoms with Gasteiger partial charge in [0.2, 0.25) is 0 Å². The Morgan fingerprint density at radius 2 is 1.94 bits per heavy atom. The molecule has 0 spiro atoms. The second kappa shape index (κ2) is 4.01. The fraction of sp³-hybridized carbons (Fsp3) is 0.143. The molecule has 1 unspecified atom stereocenters. The smallest absolute Gasteiger partial charge is 0.340 e. The maximum Gasteiger partial charge on any atom is 0.340 e. The molecule has 1 atom stereocenters. The topological polar surface area (TPSA) is 39.2 Å². The van der Waals surface area contributed by atoms with Gasteiger partial charge < -0.3 is 4.74 Å². The van der Waals surface area contributed by atoms with E-state index >= 15 is 0 Å². The van der Waals surface area contributed by atoms with Crippen molar-refractivity contribution < 1.29 is 9.53 Å². The van der Waals surface area contributed by atoms with Gasteiger partial charge in [0.05, 0.1) is 11.3 Å². The number of pyridine rings is 1. The molecule has 3 heteroatoms. The highest BCUT2D eigenvalue weighted by molar-refractivity contribution is 5.91.